The molecule has 0 bridgehead atoms. The van der Waals surface area contributed by atoms with Crippen LogP contribution in [-0.4, -0.2) is 58.2 Å². The van der Waals surface area contributed by atoms with E-state index in [1.54, 1.807) is 0 Å². The van der Waals surface area contributed by atoms with Crippen LogP contribution < -0.4 is 0 Å². The van der Waals surface area contributed by atoms with Gasteiger partial charge in [0.25, 0.3) is 0 Å². The van der Waals surface area contributed by atoms with Gasteiger partial charge in [-0.2, -0.15) is 0 Å². The van der Waals surface area contributed by atoms with Gasteiger partial charge >= 0.3 is 0 Å². The van der Waals surface area contributed by atoms with Gasteiger partial charge in [0.1, 0.15) is 17.7 Å². The number of rotatable bonds is 2. The lowest BCUT2D eigenvalue weighted by Gasteiger charge is -2.38. The van der Waals surface area contributed by atoms with Crippen LogP contribution in [-0.2, 0) is 12.8 Å². The molecule has 0 amide bonds. The van der Waals surface area contributed by atoms with E-state index in [4.69, 9.17) is 0 Å². The summed E-state index contributed by atoms with van der Waals surface area (Å²) in [5.41, 5.74) is 0.885. The molecule has 0 spiro atoms. The number of aliphatic hydroxyl groups is 3. The van der Waals surface area contributed by atoms with Crippen molar-refractivity contribution in [3.63, 3.8) is 0 Å². The number of aliphatic hydroxyl groups excluding tert-OH is 3. The van der Waals surface area contributed by atoms with Crippen LogP contribution in [0.3, 0.4) is 0 Å². The molecule has 0 aromatic heterocycles. The normalized spacial score (nSPS) is 30.6. The average Bonchev–Trinajstić information content (AvgIpc) is 2.85. The van der Waals surface area contributed by atoms with Gasteiger partial charge in [-0.3, -0.25) is 4.90 Å². The van der Waals surface area contributed by atoms with E-state index in [1.165, 1.54) is 0 Å². The first-order chi connectivity index (χ1) is 9.95. The van der Waals surface area contributed by atoms with Gasteiger partial charge in [0.15, 0.2) is 0 Å². The number of piperidine rings is 1. The molecule has 4 nitrogen and oxygen atoms in total. The Balaban J connectivity index is 1.66. The third-order valence-corrected chi connectivity index (χ3v) is 4.50. The first-order valence-corrected chi connectivity index (χ1v) is 7.18. The van der Waals surface area contributed by atoms with E-state index in [1.807, 2.05) is 4.90 Å². The summed E-state index contributed by atoms with van der Waals surface area (Å²) >= 11 is 0. The fourth-order valence-corrected chi connectivity index (χ4v) is 3.45. The maximum atomic E-state index is 13.7. The second kappa shape index (κ2) is 5.61. The van der Waals surface area contributed by atoms with Crippen LogP contribution in [0.5, 0.6) is 0 Å². The lowest BCUT2D eigenvalue weighted by Crippen LogP contribution is -2.56. The molecule has 1 fully saturated rings. The monoisotopic (exact) mass is 299 g/mol. The van der Waals surface area contributed by atoms with Crippen LogP contribution in [0.1, 0.15) is 11.1 Å². The van der Waals surface area contributed by atoms with Crippen molar-refractivity contribution >= 4 is 0 Å². The highest BCUT2D eigenvalue weighted by atomic mass is 19.1. The number of likely N-dealkylation sites (tertiary alicyclic amines) is 1. The zero-order valence-corrected chi connectivity index (χ0v) is 11.5. The molecule has 21 heavy (non-hydrogen) atoms. The Kier molecular flexibility index (Phi) is 3.96. The lowest BCUT2D eigenvalue weighted by atomic mass is 9.99. The van der Waals surface area contributed by atoms with Crippen LogP contribution in [0.2, 0.25) is 0 Å². The molecule has 2 aliphatic rings. The van der Waals surface area contributed by atoms with E-state index in [-0.39, 0.29) is 30.6 Å². The predicted octanol–water partition coefficient (Wildman–Crippen LogP) is 0.0779. The van der Waals surface area contributed by atoms with Crippen LogP contribution >= 0.6 is 0 Å². The molecule has 1 aromatic rings. The van der Waals surface area contributed by atoms with Gasteiger partial charge in [0.2, 0.25) is 0 Å². The average molecular weight is 299 g/mol. The van der Waals surface area contributed by atoms with Crippen molar-refractivity contribution in [3.8, 4) is 0 Å². The summed E-state index contributed by atoms with van der Waals surface area (Å²) in [6.45, 7) is 1.06. The van der Waals surface area contributed by atoms with E-state index < -0.39 is 18.3 Å². The lowest BCUT2D eigenvalue weighted by molar-refractivity contribution is -0.111. The smallest absolute Gasteiger partial charge is 0.126 e. The summed E-state index contributed by atoms with van der Waals surface area (Å²) in [6, 6.07) is 2.31. The highest BCUT2D eigenvalue weighted by Crippen LogP contribution is 2.31. The van der Waals surface area contributed by atoms with Gasteiger partial charge in [-0.05, 0) is 42.0 Å². The second-order valence-electron chi connectivity index (χ2n) is 6.10. The highest BCUT2D eigenvalue weighted by Gasteiger charge is 2.35. The van der Waals surface area contributed by atoms with E-state index >= 15 is 0 Å². The molecule has 3 atom stereocenters. The Labute approximate surface area is 121 Å². The van der Waals surface area contributed by atoms with Gasteiger partial charge in [0, 0.05) is 19.6 Å². The molecule has 0 saturated carbocycles. The predicted molar refractivity (Wildman–Crippen MR) is 71.7 cm³/mol. The largest absolute Gasteiger partial charge is 0.389 e. The number of nitrogens with zero attached hydrogens (tertiary/aromatic N) is 1. The minimum atomic E-state index is -1.13. The molecule has 1 heterocycles. The first kappa shape index (κ1) is 14.8. The molecular formula is C15H19F2NO3. The number of β-amino-alcohol motifs (C(OH)–C–C–N with tert-alkyl or cyclic N) is 2. The van der Waals surface area contributed by atoms with Gasteiger partial charge in [0.05, 0.1) is 12.2 Å². The molecule has 0 unspecified atom stereocenters. The van der Waals surface area contributed by atoms with Gasteiger partial charge in [-0.1, -0.05) is 0 Å². The topological polar surface area (TPSA) is 63.9 Å². The van der Waals surface area contributed by atoms with Crippen LogP contribution in [0.15, 0.2) is 12.1 Å². The minimum absolute atomic E-state index is 0.0565. The van der Waals surface area contributed by atoms with Gasteiger partial charge in [-0.25, -0.2) is 8.78 Å². The molecule has 1 aliphatic carbocycles. The third kappa shape index (κ3) is 2.81. The number of fused-ring (bicyclic) bond motifs is 1. The number of benzene rings is 1. The van der Waals surface area contributed by atoms with E-state index in [0.717, 1.165) is 12.1 Å². The van der Waals surface area contributed by atoms with Crippen LogP contribution in [0.25, 0.3) is 0 Å². The molecule has 1 aromatic carbocycles. The standard InChI is InChI=1S/C15H19F2NO3/c16-11-1-2-12(17)10-4-8(3-9(10)11)5-18-6-13(19)15(21)14(20)7-18/h1-2,8,13-15,19-21H,3-7H2/t13-,14+,15+. The Morgan fingerprint density at radius 3 is 1.90 bits per heavy atom. The van der Waals surface area contributed by atoms with E-state index in [9.17, 15) is 24.1 Å². The zero-order valence-electron chi connectivity index (χ0n) is 11.5. The third-order valence-electron chi connectivity index (χ3n) is 4.50. The first-order valence-electron chi connectivity index (χ1n) is 7.18. The van der Waals surface area contributed by atoms with Gasteiger partial charge < -0.3 is 15.3 Å². The molecule has 116 valence electrons. The SMILES string of the molecule is O[C@H]1[C@H](O)CN(CC2Cc3c(F)ccc(F)c3C2)C[C@@H]1O. The highest BCUT2D eigenvalue weighted by molar-refractivity contribution is 5.35. The fraction of sp³-hybridized carbons (Fsp3) is 0.600. The Bertz CT molecular complexity index is 497. The van der Waals surface area contributed by atoms with Crippen LogP contribution in [0, 0.1) is 17.6 Å². The minimum Gasteiger partial charge on any atom is -0.389 e. The van der Waals surface area contributed by atoms with Gasteiger partial charge in [-0.15, -0.1) is 0 Å². The maximum absolute atomic E-state index is 13.7. The summed E-state index contributed by atoms with van der Waals surface area (Å²) in [5.74, 6) is -0.688. The molecule has 3 rings (SSSR count). The summed E-state index contributed by atoms with van der Waals surface area (Å²) in [5, 5.41) is 28.9. The Hall–Kier alpha value is -1.08. The second-order valence-corrected chi connectivity index (χ2v) is 6.10. The van der Waals surface area contributed by atoms with Crippen LogP contribution in [0.4, 0.5) is 8.78 Å². The van der Waals surface area contributed by atoms with E-state index in [0.29, 0.717) is 30.5 Å². The number of hydrogen-bond acceptors (Lipinski definition) is 4. The summed E-state index contributed by atoms with van der Waals surface area (Å²) in [4.78, 5) is 1.84. The summed E-state index contributed by atoms with van der Waals surface area (Å²) in [7, 11) is 0. The van der Waals surface area contributed by atoms with Crippen molar-refractivity contribution in [2.75, 3.05) is 19.6 Å². The van der Waals surface area contributed by atoms with Crippen molar-refractivity contribution in [2.24, 2.45) is 5.92 Å². The maximum Gasteiger partial charge on any atom is 0.126 e. The summed E-state index contributed by atoms with van der Waals surface area (Å²) in [6.07, 6.45) is -2.19. The zero-order chi connectivity index (χ0) is 15.1. The van der Waals surface area contributed by atoms with Crippen molar-refractivity contribution < 1.29 is 24.1 Å². The summed E-state index contributed by atoms with van der Waals surface area (Å²) < 4.78 is 27.4. The fourth-order valence-electron chi connectivity index (χ4n) is 3.45. The van der Waals surface area contributed by atoms with Crippen molar-refractivity contribution in [1.82, 2.24) is 4.90 Å². The van der Waals surface area contributed by atoms with Crippen molar-refractivity contribution in [3.05, 3.63) is 34.9 Å². The number of hydrogen-bond donors (Lipinski definition) is 3. The van der Waals surface area contributed by atoms with Crippen molar-refractivity contribution in [1.29, 1.82) is 0 Å². The quantitative estimate of drug-likeness (QED) is 0.723. The molecular weight excluding hydrogens is 280 g/mol. The van der Waals surface area contributed by atoms with E-state index in [2.05, 4.69) is 0 Å². The Morgan fingerprint density at radius 1 is 0.952 bits per heavy atom. The molecule has 1 saturated heterocycles. The molecule has 6 heteroatoms. The molecule has 3 N–H and O–H groups in total. The Morgan fingerprint density at radius 2 is 1.43 bits per heavy atom. The molecule has 1 aliphatic heterocycles. The number of halogens is 2. The molecule has 0 radical (unpaired) electrons. The van der Waals surface area contributed by atoms with Crippen molar-refractivity contribution in [2.45, 2.75) is 31.2 Å².